The Morgan fingerprint density at radius 3 is 2.52 bits per heavy atom. The Morgan fingerprint density at radius 2 is 2.00 bits per heavy atom. The summed E-state index contributed by atoms with van der Waals surface area (Å²) < 4.78 is 29.0. The van der Waals surface area contributed by atoms with Crippen LogP contribution in [0.5, 0.6) is 0 Å². The van der Waals surface area contributed by atoms with E-state index in [-0.39, 0.29) is 9.88 Å². The molecule has 2 rings (SSSR count). The van der Waals surface area contributed by atoms with Crippen molar-refractivity contribution >= 4 is 33.0 Å². The summed E-state index contributed by atoms with van der Waals surface area (Å²) in [6.45, 7) is 3.50. The molecule has 3 N–H and O–H groups in total. The first-order chi connectivity index (χ1) is 9.70. The Hall–Kier alpha value is -1.93. The van der Waals surface area contributed by atoms with E-state index in [1.165, 1.54) is 10.7 Å². The Morgan fingerprint density at radius 1 is 1.33 bits per heavy atom. The van der Waals surface area contributed by atoms with Crippen molar-refractivity contribution in [3.8, 4) is 0 Å². The topological polar surface area (TPSA) is 90.0 Å². The number of thiocarbonyl (C=S) groups is 1. The van der Waals surface area contributed by atoms with Gasteiger partial charge >= 0.3 is 0 Å². The molecule has 0 spiro atoms. The van der Waals surface area contributed by atoms with Crippen LogP contribution in [0, 0.1) is 13.8 Å². The van der Waals surface area contributed by atoms with Gasteiger partial charge < -0.3 is 5.73 Å². The normalized spacial score (nSPS) is 11.4. The SMILES string of the molecule is Cc1cc(NS(=O)(=O)c2cc(C(N)=S)ccc2C)n(C)n1. The predicted molar refractivity (Wildman–Crippen MR) is 85.8 cm³/mol. The highest BCUT2D eigenvalue weighted by molar-refractivity contribution is 7.92. The van der Waals surface area contributed by atoms with Gasteiger partial charge in [0.15, 0.2) is 0 Å². The van der Waals surface area contributed by atoms with Gasteiger partial charge in [-0.05, 0) is 25.5 Å². The monoisotopic (exact) mass is 324 g/mol. The Balaban J connectivity index is 2.46. The largest absolute Gasteiger partial charge is 0.389 e. The highest BCUT2D eigenvalue weighted by atomic mass is 32.2. The number of benzene rings is 1. The van der Waals surface area contributed by atoms with Crippen molar-refractivity contribution in [2.45, 2.75) is 18.7 Å². The summed E-state index contributed by atoms with van der Waals surface area (Å²) in [5, 5.41) is 4.11. The van der Waals surface area contributed by atoms with Gasteiger partial charge in [0, 0.05) is 18.7 Å². The summed E-state index contributed by atoms with van der Waals surface area (Å²) in [7, 11) is -2.07. The van der Waals surface area contributed by atoms with Crippen LogP contribution in [0.2, 0.25) is 0 Å². The first-order valence-corrected chi connectivity index (χ1v) is 8.04. The van der Waals surface area contributed by atoms with E-state index in [1.807, 2.05) is 0 Å². The van der Waals surface area contributed by atoms with Gasteiger partial charge in [-0.2, -0.15) is 5.10 Å². The van der Waals surface area contributed by atoms with Crippen LogP contribution < -0.4 is 10.5 Å². The molecule has 0 amide bonds. The molecule has 0 aliphatic heterocycles. The van der Waals surface area contributed by atoms with Crippen LogP contribution in [-0.4, -0.2) is 23.2 Å². The summed E-state index contributed by atoms with van der Waals surface area (Å²) >= 11 is 4.89. The molecule has 0 atom stereocenters. The molecule has 6 nitrogen and oxygen atoms in total. The van der Waals surface area contributed by atoms with Crippen molar-refractivity contribution in [1.82, 2.24) is 9.78 Å². The van der Waals surface area contributed by atoms with E-state index < -0.39 is 10.0 Å². The number of sulfonamides is 1. The fourth-order valence-electron chi connectivity index (χ4n) is 1.94. The molecule has 0 unspecified atom stereocenters. The van der Waals surface area contributed by atoms with Crippen LogP contribution in [0.15, 0.2) is 29.2 Å². The van der Waals surface area contributed by atoms with Crippen molar-refractivity contribution in [2.75, 3.05) is 4.72 Å². The number of hydrogen-bond donors (Lipinski definition) is 2. The number of nitrogens with two attached hydrogens (primary N) is 1. The zero-order valence-electron chi connectivity index (χ0n) is 11.9. The minimum atomic E-state index is -3.74. The zero-order valence-corrected chi connectivity index (χ0v) is 13.5. The molecule has 0 bridgehead atoms. The number of nitrogens with one attached hydrogen (secondary N) is 1. The number of hydrogen-bond acceptors (Lipinski definition) is 4. The second kappa shape index (κ2) is 5.45. The molecular formula is C13H16N4O2S2. The van der Waals surface area contributed by atoms with Crippen LogP contribution in [0.3, 0.4) is 0 Å². The lowest BCUT2D eigenvalue weighted by atomic mass is 10.1. The Kier molecular flexibility index (Phi) is 4.02. The van der Waals surface area contributed by atoms with Crippen molar-refractivity contribution in [3.05, 3.63) is 41.1 Å². The van der Waals surface area contributed by atoms with E-state index in [4.69, 9.17) is 18.0 Å². The second-order valence-electron chi connectivity index (χ2n) is 4.74. The average molecular weight is 324 g/mol. The van der Waals surface area contributed by atoms with Gasteiger partial charge in [0.05, 0.1) is 10.6 Å². The summed E-state index contributed by atoms with van der Waals surface area (Å²) in [5.41, 5.74) is 7.41. The molecule has 0 aliphatic carbocycles. The number of anilines is 1. The first-order valence-electron chi connectivity index (χ1n) is 6.14. The molecule has 0 aliphatic rings. The number of nitrogens with zero attached hydrogens (tertiary/aromatic N) is 2. The first kappa shape index (κ1) is 15.5. The van der Waals surface area contributed by atoms with Crippen LogP contribution in [0.1, 0.15) is 16.8 Å². The summed E-state index contributed by atoms with van der Waals surface area (Å²) in [6, 6.07) is 6.51. The molecule has 1 aromatic heterocycles. The molecule has 1 aromatic carbocycles. The van der Waals surface area contributed by atoms with E-state index >= 15 is 0 Å². The average Bonchev–Trinajstić information content (AvgIpc) is 2.67. The third-order valence-electron chi connectivity index (χ3n) is 3.00. The molecular weight excluding hydrogens is 308 g/mol. The lowest BCUT2D eigenvalue weighted by Crippen LogP contribution is -2.18. The summed E-state index contributed by atoms with van der Waals surface area (Å²) in [4.78, 5) is 0.300. The van der Waals surface area contributed by atoms with Crippen molar-refractivity contribution in [1.29, 1.82) is 0 Å². The quantitative estimate of drug-likeness (QED) is 0.831. The van der Waals surface area contributed by atoms with Crippen molar-refractivity contribution in [2.24, 2.45) is 12.8 Å². The maximum atomic E-state index is 12.5. The van der Waals surface area contributed by atoms with E-state index in [1.54, 1.807) is 39.1 Å². The van der Waals surface area contributed by atoms with Crippen LogP contribution >= 0.6 is 12.2 Å². The van der Waals surface area contributed by atoms with E-state index in [9.17, 15) is 8.42 Å². The summed E-state index contributed by atoms with van der Waals surface area (Å²) in [6.07, 6.45) is 0. The van der Waals surface area contributed by atoms with Crippen molar-refractivity contribution in [3.63, 3.8) is 0 Å². The number of aryl methyl sites for hydroxylation is 3. The van der Waals surface area contributed by atoms with E-state index in [2.05, 4.69) is 9.82 Å². The van der Waals surface area contributed by atoms with E-state index in [0.29, 0.717) is 16.9 Å². The summed E-state index contributed by atoms with van der Waals surface area (Å²) in [5.74, 6) is 0.396. The Bertz CT molecular complexity index is 810. The van der Waals surface area contributed by atoms with Crippen molar-refractivity contribution < 1.29 is 8.42 Å². The highest BCUT2D eigenvalue weighted by Gasteiger charge is 2.19. The fourth-order valence-corrected chi connectivity index (χ4v) is 3.42. The zero-order chi connectivity index (χ0) is 15.8. The van der Waals surface area contributed by atoms with Gasteiger partial charge in [0.2, 0.25) is 0 Å². The molecule has 1 heterocycles. The van der Waals surface area contributed by atoms with Gasteiger partial charge in [0.1, 0.15) is 10.8 Å². The van der Waals surface area contributed by atoms with Crippen LogP contribution in [0.25, 0.3) is 0 Å². The number of rotatable bonds is 4. The maximum absolute atomic E-state index is 12.5. The van der Waals surface area contributed by atoms with Crippen LogP contribution in [0.4, 0.5) is 5.82 Å². The predicted octanol–water partition coefficient (Wildman–Crippen LogP) is 1.47. The van der Waals surface area contributed by atoms with Gasteiger partial charge in [-0.3, -0.25) is 9.40 Å². The van der Waals surface area contributed by atoms with Gasteiger partial charge in [-0.1, -0.05) is 24.4 Å². The van der Waals surface area contributed by atoms with E-state index in [0.717, 1.165) is 5.69 Å². The molecule has 0 saturated carbocycles. The Labute approximate surface area is 129 Å². The molecule has 0 radical (unpaired) electrons. The molecule has 0 saturated heterocycles. The minimum Gasteiger partial charge on any atom is -0.389 e. The maximum Gasteiger partial charge on any atom is 0.263 e. The number of aromatic nitrogens is 2. The minimum absolute atomic E-state index is 0.145. The molecule has 21 heavy (non-hydrogen) atoms. The molecule has 2 aromatic rings. The third-order valence-corrected chi connectivity index (χ3v) is 4.74. The lowest BCUT2D eigenvalue weighted by molar-refractivity contribution is 0.599. The second-order valence-corrected chi connectivity index (χ2v) is 6.84. The molecule has 8 heteroatoms. The molecule has 0 fully saturated rings. The van der Waals surface area contributed by atoms with Gasteiger partial charge in [0.25, 0.3) is 10.0 Å². The standard InChI is InChI=1S/C13H16N4O2S2/c1-8-4-5-10(13(14)20)7-11(8)21(18,19)16-12-6-9(2)15-17(12)3/h4-7,16H,1-3H3,(H2,14,20). The highest BCUT2D eigenvalue weighted by Crippen LogP contribution is 2.21. The van der Waals surface area contributed by atoms with Crippen LogP contribution in [-0.2, 0) is 17.1 Å². The van der Waals surface area contributed by atoms with Gasteiger partial charge in [-0.25, -0.2) is 8.42 Å². The fraction of sp³-hybridized carbons (Fsp3) is 0.231. The third kappa shape index (κ3) is 3.22. The lowest BCUT2D eigenvalue weighted by Gasteiger charge is -2.11. The smallest absolute Gasteiger partial charge is 0.263 e. The van der Waals surface area contributed by atoms with Gasteiger partial charge in [-0.15, -0.1) is 0 Å². The molecule has 112 valence electrons.